The molecule has 1 heterocycles. The third kappa shape index (κ3) is 5.85. The van der Waals surface area contributed by atoms with E-state index < -0.39 is 11.7 Å². The van der Waals surface area contributed by atoms with Crippen LogP contribution in [-0.2, 0) is 9.53 Å². The second-order valence-electron chi connectivity index (χ2n) is 6.68. The summed E-state index contributed by atoms with van der Waals surface area (Å²) in [6, 6.07) is 7.80. The molecule has 1 fully saturated rings. The summed E-state index contributed by atoms with van der Waals surface area (Å²) < 4.78 is 10.7. The molecule has 0 radical (unpaired) electrons. The van der Waals surface area contributed by atoms with Crippen molar-refractivity contribution in [3.05, 3.63) is 29.8 Å². The highest BCUT2D eigenvalue weighted by Crippen LogP contribution is 2.39. The lowest BCUT2D eigenvalue weighted by atomic mass is 10.2. The highest BCUT2D eigenvalue weighted by molar-refractivity contribution is 8.00. The fourth-order valence-corrected chi connectivity index (χ4v) is 3.70. The summed E-state index contributed by atoms with van der Waals surface area (Å²) in [5.74, 6) is 1.31. The van der Waals surface area contributed by atoms with Crippen molar-refractivity contribution in [2.75, 3.05) is 25.4 Å². The first kappa shape index (κ1) is 19.4. The monoisotopic (exact) mass is 366 g/mol. The van der Waals surface area contributed by atoms with Crippen LogP contribution in [0.25, 0.3) is 0 Å². The first-order valence-electron chi connectivity index (χ1n) is 8.41. The lowest BCUT2D eigenvalue weighted by Crippen LogP contribution is -2.39. The smallest absolute Gasteiger partial charge is 0.407 e. The van der Waals surface area contributed by atoms with E-state index >= 15 is 0 Å². The van der Waals surface area contributed by atoms with E-state index in [0.717, 1.165) is 11.3 Å². The predicted molar refractivity (Wildman–Crippen MR) is 98.8 cm³/mol. The van der Waals surface area contributed by atoms with Crippen LogP contribution in [0.4, 0.5) is 4.79 Å². The van der Waals surface area contributed by atoms with Crippen LogP contribution in [-0.4, -0.2) is 48.0 Å². The average molecular weight is 366 g/mol. The van der Waals surface area contributed by atoms with Crippen molar-refractivity contribution in [3.63, 3.8) is 0 Å². The Kier molecular flexibility index (Phi) is 6.58. The number of hydrogen-bond acceptors (Lipinski definition) is 5. The van der Waals surface area contributed by atoms with Gasteiger partial charge in [-0.1, -0.05) is 12.1 Å². The molecule has 0 spiro atoms. The molecule has 0 bridgehead atoms. The van der Waals surface area contributed by atoms with Crippen LogP contribution in [0.5, 0.6) is 5.75 Å². The molecule has 0 aliphatic carbocycles. The third-order valence-corrected chi connectivity index (χ3v) is 4.70. The van der Waals surface area contributed by atoms with E-state index in [9.17, 15) is 9.59 Å². The summed E-state index contributed by atoms with van der Waals surface area (Å²) in [5, 5.41) is 2.64. The minimum Gasteiger partial charge on any atom is -0.494 e. The topological polar surface area (TPSA) is 67.9 Å². The maximum absolute atomic E-state index is 12.2. The Morgan fingerprint density at radius 2 is 2.16 bits per heavy atom. The summed E-state index contributed by atoms with van der Waals surface area (Å²) in [6.07, 6.45) is -0.471. The molecule has 1 aromatic rings. The van der Waals surface area contributed by atoms with Crippen LogP contribution in [0.15, 0.2) is 24.3 Å². The number of nitrogens with one attached hydrogen (secondary N) is 1. The van der Waals surface area contributed by atoms with Gasteiger partial charge in [0.2, 0.25) is 5.91 Å². The molecule has 1 unspecified atom stereocenters. The SMILES string of the molecule is CCOc1cccc(C2SCC(=O)N2CCNC(=O)OC(C)(C)C)c1. The van der Waals surface area contributed by atoms with Gasteiger partial charge in [-0.05, 0) is 45.4 Å². The molecule has 0 saturated carbocycles. The number of nitrogens with zero attached hydrogens (tertiary/aromatic N) is 1. The zero-order chi connectivity index (χ0) is 18.4. The van der Waals surface area contributed by atoms with Crippen LogP contribution in [0.3, 0.4) is 0 Å². The number of alkyl carbamates (subject to hydrolysis) is 1. The number of thioether (sulfide) groups is 1. The van der Waals surface area contributed by atoms with E-state index in [4.69, 9.17) is 9.47 Å². The summed E-state index contributed by atoms with van der Waals surface area (Å²) >= 11 is 1.58. The summed E-state index contributed by atoms with van der Waals surface area (Å²) in [6.45, 7) is 8.77. The Hall–Kier alpha value is -1.89. The van der Waals surface area contributed by atoms with Gasteiger partial charge in [0, 0.05) is 13.1 Å². The van der Waals surface area contributed by atoms with Gasteiger partial charge in [0.1, 0.15) is 16.7 Å². The second kappa shape index (κ2) is 8.47. The zero-order valence-electron chi connectivity index (χ0n) is 15.2. The van der Waals surface area contributed by atoms with Gasteiger partial charge in [-0.3, -0.25) is 4.79 Å². The molecule has 1 saturated heterocycles. The van der Waals surface area contributed by atoms with E-state index in [0.29, 0.717) is 25.4 Å². The van der Waals surface area contributed by atoms with Gasteiger partial charge in [0.25, 0.3) is 0 Å². The molecule has 2 rings (SSSR count). The highest BCUT2D eigenvalue weighted by atomic mass is 32.2. The van der Waals surface area contributed by atoms with Crippen LogP contribution >= 0.6 is 11.8 Å². The number of carbonyl (C=O) groups excluding carboxylic acids is 2. The summed E-state index contributed by atoms with van der Waals surface area (Å²) in [4.78, 5) is 25.7. The van der Waals surface area contributed by atoms with E-state index in [1.807, 2.05) is 52.0 Å². The number of amides is 2. The second-order valence-corrected chi connectivity index (χ2v) is 7.75. The van der Waals surface area contributed by atoms with Gasteiger partial charge in [-0.25, -0.2) is 4.79 Å². The predicted octanol–water partition coefficient (Wildman–Crippen LogP) is 3.18. The van der Waals surface area contributed by atoms with Gasteiger partial charge in [-0.2, -0.15) is 0 Å². The Morgan fingerprint density at radius 3 is 2.84 bits per heavy atom. The van der Waals surface area contributed by atoms with Crippen molar-refractivity contribution in [2.24, 2.45) is 0 Å². The molecule has 7 heteroatoms. The van der Waals surface area contributed by atoms with Crippen molar-refractivity contribution in [3.8, 4) is 5.75 Å². The highest BCUT2D eigenvalue weighted by Gasteiger charge is 2.32. The lowest BCUT2D eigenvalue weighted by Gasteiger charge is -2.25. The molecule has 1 aliphatic rings. The molecule has 1 aromatic carbocycles. The van der Waals surface area contributed by atoms with E-state index in [1.165, 1.54) is 0 Å². The number of benzene rings is 1. The molecule has 6 nitrogen and oxygen atoms in total. The number of ether oxygens (including phenoxy) is 2. The largest absolute Gasteiger partial charge is 0.494 e. The Morgan fingerprint density at radius 1 is 1.40 bits per heavy atom. The van der Waals surface area contributed by atoms with E-state index in [2.05, 4.69) is 5.32 Å². The van der Waals surface area contributed by atoms with Gasteiger partial charge >= 0.3 is 6.09 Å². The molecule has 2 amide bonds. The maximum atomic E-state index is 12.2. The van der Waals surface area contributed by atoms with Crippen molar-refractivity contribution < 1.29 is 19.1 Å². The van der Waals surface area contributed by atoms with Gasteiger partial charge < -0.3 is 19.7 Å². The molecule has 0 aromatic heterocycles. The number of carbonyl (C=O) groups is 2. The van der Waals surface area contributed by atoms with E-state index in [-0.39, 0.29) is 11.3 Å². The third-order valence-electron chi connectivity index (χ3n) is 3.44. The Bertz CT molecular complexity index is 615. The fourth-order valence-electron chi connectivity index (χ4n) is 2.49. The zero-order valence-corrected chi connectivity index (χ0v) is 16.0. The molecule has 1 aliphatic heterocycles. The standard InChI is InChI=1S/C18H26N2O4S/c1-5-23-14-8-6-7-13(11-14)16-20(15(21)12-25-16)10-9-19-17(22)24-18(2,3)4/h6-8,11,16H,5,9-10,12H2,1-4H3,(H,19,22). The number of rotatable bonds is 6. The molecule has 1 N–H and O–H groups in total. The average Bonchev–Trinajstić information content (AvgIpc) is 2.87. The van der Waals surface area contributed by atoms with Crippen LogP contribution in [0, 0.1) is 0 Å². The first-order valence-corrected chi connectivity index (χ1v) is 9.45. The van der Waals surface area contributed by atoms with Crippen molar-refractivity contribution in [1.82, 2.24) is 10.2 Å². The maximum Gasteiger partial charge on any atom is 0.407 e. The molecule has 1 atom stereocenters. The Balaban J connectivity index is 1.95. The minimum absolute atomic E-state index is 0.0617. The van der Waals surface area contributed by atoms with Gasteiger partial charge in [-0.15, -0.1) is 11.8 Å². The Labute approximate surface area is 153 Å². The molecular weight excluding hydrogens is 340 g/mol. The molecule has 138 valence electrons. The fraction of sp³-hybridized carbons (Fsp3) is 0.556. The lowest BCUT2D eigenvalue weighted by molar-refractivity contribution is -0.128. The van der Waals surface area contributed by atoms with Crippen LogP contribution in [0.2, 0.25) is 0 Å². The molecular formula is C18H26N2O4S. The number of hydrogen-bond donors (Lipinski definition) is 1. The van der Waals surface area contributed by atoms with Crippen molar-refractivity contribution in [2.45, 2.75) is 38.7 Å². The first-order chi connectivity index (χ1) is 11.8. The van der Waals surface area contributed by atoms with E-state index in [1.54, 1.807) is 16.7 Å². The molecule has 25 heavy (non-hydrogen) atoms. The van der Waals surface area contributed by atoms with Crippen molar-refractivity contribution in [1.29, 1.82) is 0 Å². The van der Waals surface area contributed by atoms with Gasteiger partial charge in [0.05, 0.1) is 12.4 Å². The van der Waals surface area contributed by atoms with Crippen molar-refractivity contribution >= 4 is 23.8 Å². The summed E-state index contributed by atoms with van der Waals surface area (Å²) in [5.41, 5.74) is 0.491. The quantitative estimate of drug-likeness (QED) is 0.837. The summed E-state index contributed by atoms with van der Waals surface area (Å²) in [7, 11) is 0. The van der Waals surface area contributed by atoms with Crippen LogP contribution < -0.4 is 10.1 Å². The normalized spacial score (nSPS) is 17.5. The van der Waals surface area contributed by atoms with Crippen LogP contribution in [0.1, 0.15) is 38.6 Å². The minimum atomic E-state index is -0.536. The van der Waals surface area contributed by atoms with Gasteiger partial charge in [0.15, 0.2) is 0 Å².